The van der Waals surface area contributed by atoms with E-state index in [4.69, 9.17) is 9.47 Å². The van der Waals surface area contributed by atoms with E-state index in [0.717, 1.165) is 11.4 Å². The van der Waals surface area contributed by atoms with Gasteiger partial charge in [0.2, 0.25) is 0 Å². The van der Waals surface area contributed by atoms with Crippen molar-refractivity contribution >= 4 is 11.7 Å². The standard InChI is InChI=1S/C14H21NO3/c1-5-18-13(16)14(2,3)10-15-11-6-8-12(17-4)9-7-11/h6-9,15H,5,10H2,1-4H3. The smallest absolute Gasteiger partial charge is 0.313 e. The Morgan fingerprint density at radius 2 is 1.89 bits per heavy atom. The maximum Gasteiger partial charge on any atom is 0.313 e. The van der Waals surface area contributed by atoms with Gasteiger partial charge >= 0.3 is 5.97 Å². The van der Waals surface area contributed by atoms with Crippen LogP contribution in [0.3, 0.4) is 0 Å². The lowest BCUT2D eigenvalue weighted by Gasteiger charge is -2.23. The Hall–Kier alpha value is -1.71. The van der Waals surface area contributed by atoms with Crippen molar-refractivity contribution < 1.29 is 14.3 Å². The number of carbonyl (C=O) groups is 1. The van der Waals surface area contributed by atoms with Gasteiger partial charge in [0.25, 0.3) is 0 Å². The van der Waals surface area contributed by atoms with Crippen LogP contribution in [0.15, 0.2) is 24.3 Å². The molecule has 0 saturated carbocycles. The number of nitrogens with one attached hydrogen (secondary N) is 1. The zero-order valence-electron chi connectivity index (χ0n) is 11.4. The Kier molecular flexibility index (Phi) is 5.01. The summed E-state index contributed by atoms with van der Waals surface area (Å²) in [6.07, 6.45) is 0. The average Bonchev–Trinajstić information content (AvgIpc) is 2.37. The van der Waals surface area contributed by atoms with Crippen LogP contribution >= 0.6 is 0 Å². The van der Waals surface area contributed by atoms with Crippen LogP contribution in [0.5, 0.6) is 5.75 Å². The maximum atomic E-state index is 11.7. The van der Waals surface area contributed by atoms with Crippen LogP contribution in [0.1, 0.15) is 20.8 Å². The highest BCUT2D eigenvalue weighted by atomic mass is 16.5. The largest absolute Gasteiger partial charge is 0.497 e. The van der Waals surface area contributed by atoms with Crippen molar-refractivity contribution in [3.8, 4) is 5.75 Å². The quantitative estimate of drug-likeness (QED) is 0.790. The molecule has 4 heteroatoms. The summed E-state index contributed by atoms with van der Waals surface area (Å²) < 4.78 is 10.1. The molecule has 1 rings (SSSR count). The molecule has 0 aliphatic heterocycles. The van der Waals surface area contributed by atoms with Gasteiger partial charge in [0.15, 0.2) is 0 Å². The number of esters is 1. The molecule has 0 saturated heterocycles. The van der Waals surface area contributed by atoms with Crippen molar-refractivity contribution in [2.75, 3.05) is 25.6 Å². The van der Waals surface area contributed by atoms with Crippen molar-refractivity contribution in [1.82, 2.24) is 0 Å². The van der Waals surface area contributed by atoms with Gasteiger partial charge in [0.05, 0.1) is 19.1 Å². The van der Waals surface area contributed by atoms with Crippen molar-refractivity contribution in [3.63, 3.8) is 0 Å². The van der Waals surface area contributed by atoms with Crippen LogP contribution in [0.4, 0.5) is 5.69 Å². The number of ether oxygens (including phenoxy) is 2. The highest BCUT2D eigenvalue weighted by Crippen LogP contribution is 2.20. The van der Waals surface area contributed by atoms with Gasteiger partial charge in [0, 0.05) is 12.2 Å². The number of methoxy groups -OCH3 is 1. The average molecular weight is 251 g/mol. The minimum atomic E-state index is -0.546. The van der Waals surface area contributed by atoms with Crippen LogP contribution in [0.25, 0.3) is 0 Å². The molecule has 18 heavy (non-hydrogen) atoms. The summed E-state index contributed by atoms with van der Waals surface area (Å²) in [5.74, 6) is 0.621. The van der Waals surface area contributed by atoms with Gasteiger partial charge in [-0.2, -0.15) is 0 Å². The molecule has 1 N–H and O–H groups in total. The summed E-state index contributed by atoms with van der Waals surface area (Å²) in [5, 5.41) is 3.22. The van der Waals surface area contributed by atoms with Crippen molar-refractivity contribution in [1.29, 1.82) is 0 Å². The second-order valence-electron chi connectivity index (χ2n) is 4.69. The highest BCUT2D eigenvalue weighted by molar-refractivity contribution is 5.76. The van der Waals surface area contributed by atoms with Crippen LogP contribution in [-0.4, -0.2) is 26.2 Å². The predicted molar refractivity (Wildman–Crippen MR) is 71.9 cm³/mol. The Balaban J connectivity index is 2.55. The molecule has 0 aliphatic rings. The normalized spacial score (nSPS) is 10.9. The highest BCUT2D eigenvalue weighted by Gasteiger charge is 2.28. The van der Waals surface area contributed by atoms with Gasteiger partial charge in [0.1, 0.15) is 5.75 Å². The summed E-state index contributed by atoms with van der Waals surface area (Å²) in [6, 6.07) is 7.58. The number of hydrogen-bond donors (Lipinski definition) is 1. The first-order valence-corrected chi connectivity index (χ1v) is 6.04. The van der Waals surface area contributed by atoms with E-state index >= 15 is 0 Å². The van der Waals surface area contributed by atoms with Crippen molar-refractivity contribution in [2.24, 2.45) is 5.41 Å². The molecule has 0 radical (unpaired) electrons. The lowest BCUT2D eigenvalue weighted by Crippen LogP contribution is -2.33. The monoisotopic (exact) mass is 251 g/mol. The van der Waals surface area contributed by atoms with Gasteiger partial charge in [-0.15, -0.1) is 0 Å². The molecule has 0 unspecified atom stereocenters. The fraction of sp³-hybridized carbons (Fsp3) is 0.500. The van der Waals surface area contributed by atoms with Gasteiger partial charge in [-0.3, -0.25) is 4.79 Å². The molecule has 1 aromatic carbocycles. The molecular weight excluding hydrogens is 230 g/mol. The van der Waals surface area contributed by atoms with E-state index in [9.17, 15) is 4.79 Å². The van der Waals surface area contributed by atoms with Gasteiger partial charge in [-0.1, -0.05) is 0 Å². The molecular formula is C14H21NO3. The summed E-state index contributed by atoms with van der Waals surface area (Å²) in [6.45, 7) is 6.47. The second kappa shape index (κ2) is 6.28. The maximum absolute atomic E-state index is 11.7. The molecule has 0 amide bonds. The van der Waals surface area contributed by atoms with E-state index in [1.807, 2.05) is 45.0 Å². The lowest BCUT2D eigenvalue weighted by molar-refractivity contribution is -0.152. The molecule has 0 aliphatic carbocycles. The minimum Gasteiger partial charge on any atom is -0.497 e. The fourth-order valence-electron chi connectivity index (χ4n) is 1.43. The number of carbonyl (C=O) groups excluding carboxylic acids is 1. The van der Waals surface area contributed by atoms with Gasteiger partial charge < -0.3 is 14.8 Å². The van der Waals surface area contributed by atoms with E-state index in [2.05, 4.69) is 5.32 Å². The zero-order valence-corrected chi connectivity index (χ0v) is 11.4. The first-order chi connectivity index (χ1) is 8.49. The number of hydrogen-bond acceptors (Lipinski definition) is 4. The molecule has 0 spiro atoms. The van der Waals surface area contributed by atoms with Gasteiger partial charge in [-0.05, 0) is 45.0 Å². The predicted octanol–water partition coefficient (Wildman–Crippen LogP) is 2.70. The Bertz CT molecular complexity index is 385. The minimum absolute atomic E-state index is 0.189. The van der Waals surface area contributed by atoms with Gasteiger partial charge in [-0.25, -0.2) is 0 Å². The van der Waals surface area contributed by atoms with Crippen LogP contribution in [0.2, 0.25) is 0 Å². The Labute approximate surface area is 108 Å². The van der Waals surface area contributed by atoms with Crippen LogP contribution in [0, 0.1) is 5.41 Å². The van der Waals surface area contributed by atoms with Crippen molar-refractivity contribution in [3.05, 3.63) is 24.3 Å². The molecule has 0 atom stereocenters. The molecule has 0 heterocycles. The molecule has 0 fully saturated rings. The molecule has 100 valence electrons. The molecule has 0 bridgehead atoms. The van der Waals surface area contributed by atoms with E-state index in [-0.39, 0.29) is 5.97 Å². The summed E-state index contributed by atoms with van der Waals surface area (Å²) in [7, 11) is 1.63. The summed E-state index contributed by atoms with van der Waals surface area (Å²) in [4.78, 5) is 11.7. The first kappa shape index (κ1) is 14.4. The van der Waals surface area contributed by atoms with E-state index < -0.39 is 5.41 Å². The summed E-state index contributed by atoms with van der Waals surface area (Å²) in [5.41, 5.74) is 0.406. The van der Waals surface area contributed by atoms with Crippen LogP contribution < -0.4 is 10.1 Å². The van der Waals surface area contributed by atoms with E-state index in [0.29, 0.717) is 13.2 Å². The SMILES string of the molecule is CCOC(=O)C(C)(C)CNc1ccc(OC)cc1. The number of anilines is 1. The lowest BCUT2D eigenvalue weighted by atomic mass is 9.93. The molecule has 0 aromatic heterocycles. The first-order valence-electron chi connectivity index (χ1n) is 6.04. The van der Waals surface area contributed by atoms with Crippen LogP contribution in [-0.2, 0) is 9.53 Å². The topological polar surface area (TPSA) is 47.6 Å². The number of benzene rings is 1. The Morgan fingerprint density at radius 3 is 2.39 bits per heavy atom. The fourth-order valence-corrected chi connectivity index (χ4v) is 1.43. The molecule has 4 nitrogen and oxygen atoms in total. The summed E-state index contributed by atoms with van der Waals surface area (Å²) >= 11 is 0. The number of rotatable bonds is 6. The third kappa shape index (κ3) is 3.95. The third-order valence-electron chi connectivity index (χ3n) is 2.65. The molecule has 1 aromatic rings. The zero-order chi connectivity index (χ0) is 13.6. The third-order valence-corrected chi connectivity index (χ3v) is 2.65. The van der Waals surface area contributed by atoms with E-state index in [1.54, 1.807) is 7.11 Å². The Morgan fingerprint density at radius 1 is 1.28 bits per heavy atom. The van der Waals surface area contributed by atoms with Crippen molar-refractivity contribution in [2.45, 2.75) is 20.8 Å². The van der Waals surface area contributed by atoms with E-state index in [1.165, 1.54) is 0 Å². The second-order valence-corrected chi connectivity index (χ2v) is 4.69.